The van der Waals surface area contributed by atoms with Crippen molar-refractivity contribution in [2.45, 2.75) is 25.8 Å². The summed E-state index contributed by atoms with van der Waals surface area (Å²) in [6, 6.07) is 21.8. The molecule has 6 heteroatoms. The van der Waals surface area contributed by atoms with E-state index >= 15 is 0 Å². The first-order chi connectivity index (χ1) is 15.2. The van der Waals surface area contributed by atoms with Gasteiger partial charge in [-0.3, -0.25) is 4.79 Å². The van der Waals surface area contributed by atoms with E-state index in [1.54, 1.807) is 16.8 Å². The summed E-state index contributed by atoms with van der Waals surface area (Å²) >= 11 is 0. The van der Waals surface area contributed by atoms with Crippen LogP contribution in [0.2, 0.25) is 0 Å². The van der Waals surface area contributed by atoms with Crippen molar-refractivity contribution in [2.24, 2.45) is 4.99 Å². The maximum Gasteiger partial charge on any atom is 0.299 e. The predicted molar refractivity (Wildman–Crippen MR) is 115 cm³/mol. The monoisotopic (exact) mass is 412 g/mol. The smallest absolute Gasteiger partial charge is 0.299 e. The number of benzene rings is 2. The third-order valence-electron chi connectivity index (χ3n) is 5.53. The molecule has 5 rings (SSSR count). The van der Waals surface area contributed by atoms with Crippen LogP contribution in [-0.4, -0.2) is 20.3 Å². The lowest BCUT2D eigenvalue weighted by atomic mass is 10.2. The van der Waals surface area contributed by atoms with Crippen LogP contribution < -0.4 is 5.49 Å². The Kier molecular flexibility index (Phi) is 5.04. The molecule has 0 bridgehead atoms. The van der Waals surface area contributed by atoms with Gasteiger partial charge < -0.3 is 4.57 Å². The first kappa shape index (κ1) is 19.2. The molecule has 2 aromatic heterocycles. The predicted octanol–water partition coefficient (Wildman–Crippen LogP) is 4.09. The van der Waals surface area contributed by atoms with Crippen LogP contribution in [0.5, 0.6) is 0 Å². The largest absolute Gasteiger partial charge is 0.328 e. The van der Waals surface area contributed by atoms with Gasteiger partial charge in [0.25, 0.3) is 5.91 Å². The quantitative estimate of drug-likeness (QED) is 0.507. The molecule has 0 spiro atoms. The summed E-state index contributed by atoms with van der Waals surface area (Å²) in [6.45, 7) is 0.621. The number of carbonyl (C=O) groups is 1. The van der Waals surface area contributed by atoms with Gasteiger partial charge in [-0.05, 0) is 61.2 Å². The van der Waals surface area contributed by atoms with E-state index in [2.05, 4.69) is 10.1 Å². The van der Waals surface area contributed by atoms with Crippen LogP contribution >= 0.6 is 0 Å². The van der Waals surface area contributed by atoms with Gasteiger partial charge in [0.1, 0.15) is 11.3 Å². The number of nitrogens with zero attached hydrogens (tertiary/aromatic N) is 4. The van der Waals surface area contributed by atoms with Crippen LogP contribution in [0.15, 0.2) is 84.0 Å². The Hall–Kier alpha value is -3.80. The minimum Gasteiger partial charge on any atom is -0.328 e. The molecule has 0 aliphatic heterocycles. The Labute approximate surface area is 179 Å². The van der Waals surface area contributed by atoms with Gasteiger partial charge in [-0.2, -0.15) is 10.1 Å². The fourth-order valence-electron chi connectivity index (χ4n) is 4.04. The molecule has 2 heterocycles. The molecule has 4 aromatic rings. The summed E-state index contributed by atoms with van der Waals surface area (Å²) in [6.07, 6.45) is 4.52. The summed E-state index contributed by atoms with van der Waals surface area (Å²) in [7, 11) is 0. The van der Waals surface area contributed by atoms with E-state index < -0.39 is 0 Å². The number of pyridine rings is 1. The normalized spacial score (nSPS) is 13.4. The molecule has 0 radical (unpaired) electrons. The van der Waals surface area contributed by atoms with Gasteiger partial charge in [-0.1, -0.05) is 36.4 Å². The van der Waals surface area contributed by atoms with Crippen molar-refractivity contribution in [3.63, 3.8) is 0 Å². The Bertz CT molecular complexity index is 1300. The van der Waals surface area contributed by atoms with E-state index in [1.165, 1.54) is 12.1 Å². The van der Waals surface area contributed by atoms with E-state index in [1.807, 2.05) is 59.3 Å². The number of rotatable bonds is 4. The van der Waals surface area contributed by atoms with Crippen LogP contribution in [0.1, 0.15) is 33.7 Å². The minimum atomic E-state index is -0.355. The van der Waals surface area contributed by atoms with Crippen LogP contribution in [0.3, 0.4) is 0 Å². The zero-order chi connectivity index (χ0) is 21.2. The zero-order valence-corrected chi connectivity index (χ0v) is 16.9. The average Bonchev–Trinajstić information content (AvgIpc) is 3.39. The lowest BCUT2D eigenvalue weighted by Crippen LogP contribution is -2.22. The molecule has 0 saturated carbocycles. The summed E-state index contributed by atoms with van der Waals surface area (Å²) < 4.78 is 17.1. The highest BCUT2D eigenvalue weighted by molar-refractivity contribution is 5.95. The molecule has 0 atom stereocenters. The number of hydrogen-bond acceptors (Lipinski definition) is 2. The number of hydrogen-bond donors (Lipinski definition) is 0. The molecule has 154 valence electrons. The van der Waals surface area contributed by atoms with Crippen LogP contribution in [-0.2, 0) is 19.4 Å². The Balaban J connectivity index is 1.53. The van der Waals surface area contributed by atoms with Crippen LogP contribution in [0.25, 0.3) is 5.69 Å². The lowest BCUT2D eigenvalue weighted by Gasteiger charge is -2.07. The first-order valence-corrected chi connectivity index (χ1v) is 10.3. The Morgan fingerprint density at radius 2 is 1.74 bits per heavy atom. The maximum atomic E-state index is 13.3. The fraction of sp³-hybridized carbons (Fsp3) is 0.160. The van der Waals surface area contributed by atoms with Crippen molar-refractivity contribution in [2.75, 3.05) is 0 Å². The third-order valence-corrected chi connectivity index (χ3v) is 5.53. The third kappa shape index (κ3) is 3.84. The topological polar surface area (TPSA) is 52.2 Å². The molecule has 0 fully saturated rings. The van der Waals surface area contributed by atoms with Crippen molar-refractivity contribution in [1.29, 1.82) is 0 Å². The van der Waals surface area contributed by atoms with Gasteiger partial charge in [0, 0.05) is 24.0 Å². The molecule has 31 heavy (non-hydrogen) atoms. The molecule has 0 N–H and O–H groups in total. The second-order valence-electron chi connectivity index (χ2n) is 7.60. The molecular formula is C25H21FN4O. The maximum absolute atomic E-state index is 13.3. The SMILES string of the molecule is O=C(N=c1ccccn1Cc1ccccc1)c1nn(-c2ccc(F)cc2)c2c1CCC2. The minimum absolute atomic E-state index is 0.300. The van der Waals surface area contributed by atoms with E-state index in [-0.39, 0.29) is 11.7 Å². The van der Waals surface area contributed by atoms with Gasteiger partial charge in [0.2, 0.25) is 0 Å². The highest BCUT2D eigenvalue weighted by Gasteiger charge is 2.26. The van der Waals surface area contributed by atoms with E-state index in [0.29, 0.717) is 17.7 Å². The summed E-state index contributed by atoms with van der Waals surface area (Å²) in [5, 5.41) is 4.58. The Morgan fingerprint density at radius 1 is 0.968 bits per heavy atom. The molecule has 5 nitrogen and oxygen atoms in total. The van der Waals surface area contributed by atoms with Crippen molar-refractivity contribution in [1.82, 2.24) is 14.3 Å². The fourth-order valence-corrected chi connectivity index (χ4v) is 4.04. The van der Waals surface area contributed by atoms with Crippen LogP contribution in [0.4, 0.5) is 4.39 Å². The van der Waals surface area contributed by atoms with Crippen molar-refractivity contribution >= 4 is 5.91 Å². The summed E-state index contributed by atoms with van der Waals surface area (Å²) in [4.78, 5) is 17.6. The van der Waals surface area contributed by atoms with Gasteiger partial charge >= 0.3 is 0 Å². The highest BCUT2D eigenvalue weighted by Crippen LogP contribution is 2.28. The second-order valence-corrected chi connectivity index (χ2v) is 7.60. The van der Waals surface area contributed by atoms with Gasteiger partial charge in [0.05, 0.1) is 5.69 Å². The summed E-state index contributed by atoms with van der Waals surface area (Å²) in [5.41, 5.74) is 4.80. The van der Waals surface area contributed by atoms with Crippen molar-refractivity contribution in [3.8, 4) is 5.69 Å². The molecular weight excluding hydrogens is 391 g/mol. The van der Waals surface area contributed by atoms with E-state index in [9.17, 15) is 9.18 Å². The molecule has 1 aliphatic carbocycles. The standard InChI is InChI=1S/C25H21FN4O/c26-19-12-14-20(15-13-19)30-22-10-6-9-21(22)24(28-30)25(31)27-23-11-4-5-16-29(23)17-18-7-2-1-3-8-18/h1-5,7-8,11-16H,6,9-10,17H2. The van der Waals surface area contributed by atoms with E-state index in [4.69, 9.17) is 0 Å². The zero-order valence-electron chi connectivity index (χ0n) is 16.9. The van der Waals surface area contributed by atoms with Crippen molar-refractivity contribution in [3.05, 3.63) is 113 Å². The second kappa shape index (κ2) is 8.14. The molecule has 0 saturated heterocycles. The molecule has 1 aliphatic rings. The Morgan fingerprint density at radius 3 is 2.55 bits per heavy atom. The van der Waals surface area contributed by atoms with Crippen molar-refractivity contribution < 1.29 is 9.18 Å². The van der Waals surface area contributed by atoms with Gasteiger partial charge in [-0.15, -0.1) is 0 Å². The van der Waals surface area contributed by atoms with Crippen LogP contribution in [0, 0.1) is 5.82 Å². The number of halogens is 1. The number of fused-ring (bicyclic) bond motifs is 1. The van der Waals surface area contributed by atoms with Gasteiger partial charge in [0.15, 0.2) is 5.69 Å². The highest BCUT2D eigenvalue weighted by atomic mass is 19.1. The number of aromatic nitrogens is 3. The van der Waals surface area contributed by atoms with Gasteiger partial charge in [-0.25, -0.2) is 9.07 Å². The number of amides is 1. The molecule has 1 amide bonds. The van der Waals surface area contributed by atoms with E-state index in [0.717, 1.165) is 41.8 Å². The number of carbonyl (C=O) groups excluding carboxylic acids is 1. The summed E-state index contributed by atoms with van der Waals surface area (Å²) in [5.74, 6) is -0.655. The first-order valence-electron chi connectivity index (χ1n) is 10.3. The lowest BCUT2D eigenvalue weighted by molar-refractivity contribution is 0.0991. The molecule has 2 aromatic carbocycles. The average molecular weight is 412 g/mol. The molecule has 0 unspecified atom stereocenters.